The van der Waals surface area contributed by atoms with Gasteiger partial charge in [-0.2, -0.15) is 0 Å². The molecule has 4 aromatic rings. The van der Waals surface area contributed by atoms with Crippen LogP contribution in [0, 0.1) is 0 Å². The predicted molar refractivity (Wildman–Crippen MR) is 116 cm³/mol. The van der Waals surface area contributed by atoms with Crippen molar-refractivity contribution in [2.75, 3.05) is 7.11 Å². The zero-order valence-electron chi connectivity index (χ0n) is 16.2. The van der Waals surface area contributed by atoms with Crippen LogP contribution >= 0.6 is 0 Å². The van der Waals surface area contributed by atoms with Crippen LogP contribution in [0.25, 0.3) is 27.9 Å². The fourth-order valence-electron chi connectivity index (χ4n) is 4.08. The van der Waals surface area contributed by atoms with Gasteiger partial charge in [-0.15, -0.1) is 0 Å². The lowest BCUT2D eigenvalue weighted by Gasteiger charge is -2.08. The number of imidazole rings is 1. The number of aromatic amines is 1. The van der Waals surface area contributed by atoms with E-state index >= 15 is 0 Å². The maximum Gasteiger partial charge on any atom is 0.118 e. The van der Waals surface area contributed by atoms with E-state index in [4.69, 9.17) is 9.72 Å². The monoisotopic (exact) mass is 382 g/mol. The molecule has 2 N–H and O–H groups in total. The first-order valence-corrected chi connectivity index (χ1v) is 9.75. The van der Waals surface area contributed by atoms with Crippen LogP contribution < -0.4 is 4.74 Å². The number of benzene rings is 3. The van der Waals surface area contributed by atoms with Gasteiger partial charge in [0.15, 0.2) is 0 Å². The molecule has 1 aliphatic rings. The number of hydrogen-bond acceptors (Lipinski definition) is 3. The Balaban J connectivity index is 1.44. The standard InChI is InChI=1S/C25H22N2O2/c1-15(28)19-5-3-4-6-20(19)17-9-12-23-24(13-17)27-25(26-23)22-14-21(22)16-7-10-18(29-2)11-8-16/h3-13,21-22,28H,1,14H2,2H3,(H,26,27). The summed E-state index contributed by atoms with van der Waals surface area (Å²) in [6.45, 7) is 3.68. The second-order valence-corrected chi connectivity index (χ2v) is 7.57. The third-order valence-corrected chi connectivity index (χ3v) is 5.73. The summed E-state index contributed by atoms with van der Waals surface area (Å²) in [5, 5.41) is 9.91. The van der Waals surface area contributed by atoms with Crippen molar-refractivity contribution in [2.24, 2.45) is 0 Å². The molecule has 4 heteroatoms. The topological polar surface area (TPSA) is 58.1 Å². The summed E-state index contributed by atoms with van der Waals surface area (Å²) in [6, 6.07) is 22.2. The zero-order chi connectivity index (χ0) is 20.0. The Labute approximate surface area is 169 Å². The molecule has 0 radical (unpaired) electrons. The van der Waals surface area contributed by atoms with Crippen molar-refractivity contribution in [2.45, 2.75) is 18.3 Å². The number of ether oxygens (including phenoxy) is 1. The molecule has 4 nitrogen and oxygen atoms in total. The van der Waals surface area contributed by atoms with Crippen molar-refractivity contribution in [3.05, 3.63) is 90.3 Å². The highest BCUT2D eigenvalue weighted by atomic mass is 16.5. The third kappa shape index (κ3) is 3.17. The van der Waals surface area contributed by atoms with Gasteiger partial charge >= 0.3 is 0 Å². The largest absolute Gasteiger partial charge is 0.508 e. The number of methoxy groups -OCH3 is 1. The van der Waals surface area contributed by atoms with Gasteiger partial charge < -0.3 is 14.8 Å². The highest BCUT2D eigenvalue weighted by Crippen LogP contribution is 2.54. The molecule has 0 spiro atoms. The van der Waals surface area contributed by atoms with Gasteiger partial charge in [-0.25, -0.2) is 4.98 Å². The number of H-pyrrole nitrogens is 1. The molecule has 29 heavy (non-hydrogen) atoms. The molecule has 2 unspecified atom stereocenters. The van der Waals surface area contributed by atoms with Gasteiger partial charge in [0.1, 0.15) is 17.3 Å². The summed E-state index contributed by atoms with van der Waals surface area (Å²) in [4.78, 5) is 8.35. The minimum Gasteiger partial charge on any atom is -0.508 e. The Morgan fingerprint density at radius 3 is 2.62 bits per heavy atom. The van der Waals surface area contributed by atoms with Crippen LogP contribution in [-0.4, -0.2) is 22.2 Å². The first-order valence-electron chi connectivity index (χ1n) is 9.75. The number of aliphatic hydroxyl groups is 1. The smallest absolute Gasteiger partial charge is 0.118 e. The number of aromatic nitrogens is 2. The van der Waals surface area contributed by atoms with E-state index in [0.29, 0.717) is 11.8 Å². The van der Waals surface area contributed by atoms with Crippen molar-refractivity contribution in [1.82, 2.24) is 9.97 Å². The van der Waals surface area contributed by atoms with E-state index in [1.807, 2.05) is 48.5 Å². The minimum atomic E-state index is 0.0753. The Kier molecular flexibility index (Phi) is 4.13. The lowest BCUT2D eigenvalue weighted by atomic mass is 9.98. The fourth-order valence-corrected chi connectivity index (χ4v) is 4.08. The molecule has 1 aliphatic carbocycles. The third-order valence-electron chi connectivity index (χ3n) is 5.73. The first-order chi connectivity index (χ1) is 14.1. The number of nitrogens with one attached hydrogen (secondary N) is 1. The van der Waals surface area contributed by atoms with E-state index < -0.39 is 0 Å². The summed E-state index contributed by atoms with van der Waals surface area (Å²) in [5.41, 5.74) is 6.03. The number of hydrogen-bond donors (Lipinski definition) is 2. The molecule has 1 saturated carbocycles. The molecule has 1 fully saturated rings. The first kappa shape index (κ1) is 17.6. The average molecular weight is 382 g/mol. The summed E-state index contributed by atoms with van der Waals surface area (Å²) in [5.74, 6) is 2.92. The van der Waals surface area contributed by atoms with Crippen molar-refractivity contribution in [1.29, 1.82) is 0 Å². The molecule has 0 aliphatic heterocycles. The molecule has 1 aromatic heterocycles. The Morgan fingerprint density at radius 2 is 1.86 bits per heavy atom. The second kappa shape index (κ2) is 6.82. The van der Waals surface area contributed by atoms with Gasteiger partial charge in [-0.1, -0.05) is 49.0 Å². The van der Waals surface area contributed by atoms with E-state index in [9.17, 15) is 5.11 Å². The number of rotatable bonds is 5. The molecule has 1 heterocycles. The molecule has 144 valence electrons. The van der Waals surface area contributed by atoms with Crippen LogP contribution in [0.4, 0.5) is 0 Å². The SMILES string of the molecule is C=C(O)c1ccccc1-c1ccc2nc(C3CC3c3ccc(OC)cc3)[nH]c2c1. The van der Waals surface area contributed by atoms with E-state index in [-0.39, 0.29) is 5.76 Å². The lowest BCUT2D eigenvalue weighted by molar-refractivity contribution is 0.414. The average Bonchev–Trinajstić information content (AvgIpc) is 3.44. The van der Waals surface area contributed by atoms with Gasteiger partial charge in [0, 0.05) is 11.5 Å². The quantitative estimate of drug-likeness (QED) is 0.414. The van der Waals surface area contributed by atoms with E-state index in [2.05, 4.69) is 29.8 Å². The van der Waals surface area contributed by atoms with Crippen LogP contribution in [0.1, 0.15) is 35.2 Å². The highest BCUT2D eigenvalue weighted by molar-refractivity contribution is 5.85. The molecule has 2 atom stereocenters. The maximum absolute atomic E-state index is 9.91. The molecule has 5 rings (SSSR count). The summed E-state index contributed by atoms with van der Waals surface area (Å²) in [6.07, 6.45) is 1.10. The zero-order valence-corrected chi connectivity index (χ0v) is 16.2. The number of fused-ring (bicyclic) bond motifs is 1. The van der Waals surface area contributed by atoms with E-state index in [1.165, 1.54) is 5.56 Å². The fraction of sp³-hybridized carbons (Fsp3) is 0.160. The Bertz CT molecular complexity index is 1210. The van der Waals surface area contributed by atoms with Crippen molar-refractivity contribution in [3.8, 4) is 16.9 Å². The Hall–Kier alpha value is -3.53. The lowest BCUT2D eigenvalue weighted by Crippen LogP contribution is -1.88. The van der Waals surface area contributed by atoms with Crippen molar-refractivity contribution < 1.29 is 9.84 Å². The molecule has 0 bridgehead atoms. The number of aliphatic hydroxyl groups excluding tert-OH is 1. The molecule has 3 aromatic carbocycles. The van der Waals surface area contributed by atoms with Gasteiger partial charge in [0.2, 0.25) is 0 Å². The minimum absolute atomic E-state index is 0.0753. The van der Waals surface area contributed by atoms with Crippen LogP contribution in [-0.2, 0) is 0 Å². The van der Waals surface area contributed by atoms with Gasteiger partial charge in [-0.05, 0) is 53.3 Å². The van der Waals surface area contributed by atoms with Gasteiger partial charge in [0.25, 0.3) is 0 Å². The molecule has 0 saturated heterocycles. The predicted octanol–water partition coefficient (Wildman–Crippen LogP) is 6.04. The highest BCUT2D eigenvalue weighted by Gasteiger charge is 2.41. The Morgan fingerprint density at radius 1 is 1.07 bits per heavy atom. The van der Waals surface area contributed by atoms with Crippen molar-refractivity contribution in [3.63, 3.8) is 0 Å². The molecular weight excluding hydrogens is 360 g/mol. The normalized spacial score (nSPS) is 18.0. The van der Waals surface area contributed by atoms with Crippen LogP contribution in [0.2, 0.25) is 0 Å². The van der Waals surface area contributed by atoms with Crippen molar-refractivity contribution >= 4 is 16.8 Å². The van der Waals surface area contributed by atoms with Crippen LogP contribution in [0.3, 0.4) is 0 Å². The maximum atomic E-state index is 9.91. The second-order valence-electron chi connectivity index (χ2n) is 7.57. The number of nitrogens with zero attached hydrogens (tertiary/aromatic N) is 1. The van der Waals surface area contributed by atoms with E-state index in [0.717, 1.165) is 45.7 Å². The summed E-state index contributed by atoms with van der Waals surface area (Å²) < 4.78 is 5.25. The van der Waals surface area contributed by atoms with Gasteiger partial charge in [-0.3, -0.25) is 0 Å². The van der Waals surface area contributed by atoms with Crippen LogP contribution in [0.15, 0.2) is 73.3 Å². The van der Waals surface area contributed by atoms with Crippen LogP contribution in [0.5, 0.6) is 5.75 Å². The summed E-state index contributed by atoms with van der Waals surface area (Å²) in [7, 11) is 1.69. The van der Waals surface area contributed by atoms with E-state index in [1.54, 1.807) is 7.11 Å². The molecular formula is C25H22N2O2. The molecule has 0 amide bonds. The summed E-state index contributed by atoms with van der Waals surface area (Å²) >= 11 is 0. The van der Waals surface area contributed by atoms with Gasteiger partial charge in [0.05, 0.1) is 18.1 Å².